The molecule has 0 bridgehead atoms. The van der Waals surface area contributed by atoms with Crippen molar-refractivity contribution in [1.29, 1.82) is 0 Å². The number of hydrogen-bond donors (Lipinski definition) is 0. The molecule has 0 unspecified atom stereocenters. The molecule has 0 N–H and O–H groups in total. The molecule has 3 heterocycles. The summed E-state index contributed by atoms with van der Waals surface area (Å²) in [6.07, 6.45) is -0.0497. The number of ether oxygens (including phenoxy) is 3. The Balaban J connectivity index is 1.85. The van der Waals surface area contributed by atoms with Gasteiger partial charge < -0.3 is 23.7 Å². The third kappa shape index (κ3) is 5.53. The van der Waals surface area contributed by atoms with Crippen molar-refractivity contribution in [3.8, 4) is 17.0 Å². The summed E-state index contributed by atoms with van der Waals surface area (Å²) in [5.74, 6) is 0.943. The number of nitrogens with zero attached hydrogens (tertiary/aromatic N) is 3. The van der Waals surface area contributed by atoms with E-state index in [1.54, 1.807) is 0 Å². The van der Waals surface area contributed by atoms with Crippen LogP contribution in [0.3, 0.4) is 0 Å². The number of hydrogen-bond acceptors (Lipinski definition) is 6. The fourth-order valence-corrected chi connectivity index (χ4v) is 5.83. The number of aryl methyl sites for hydroxylation is 1. The van der Waals surface area contributed by atoms with Crippen LogP contribution in [0.25, 0.3) is 22.0 Å². The second kappa shape index (κ2) is 11.4. The third-order valence-electron chi connectivity index (χ3n) is 7.36. The molecule has 41 heavy (non-hydrogen) atoms. The van der Waals surface area contributed by atoms with E-state index >= 15 is 0 Å². The first kappa shape index (κ1) is 29.0. The molecule has 5 rings (SSSR count). The molecule has 1 aliphatic heterocycles. The van der Waals surface area contributed by atoms with Crippen LogP contribution in [-0.2, 0) is 20.8 Å². The molecular formula is C33H38ClN3O4. The fourth-order valence-electron chi connectivity index (χ4n) is 5.70. The number of anilines is 2. The van der Waals surface area contributed by atoms with Crippen LogP contribution in [0.2, 0.25) is 5.02 Å². The maximum absolute atomic E-state index is 13.5. The van der Waals surface area contributed by atoms with Gasteiger partial charge in [-0.2, -0.15) is 4.98 Å². The molecule has 0 fully saturated rings. The van der Waals surface area contributed by atoms with E-state index in [0.29, 0.717) is 24.1 Å². The quantitative estimate of drug-likeness (QED) is 0.199. The summed E-state index contributed by atoms with van der Waals surface area (Å²) in [7, 11) is 1.40. The summed E-state index contributed by atoms with van der Waals surface area (Å²) in [4.78, 5) is 20.6. The Kier molecular flexibility index (Phi) is 8.04. The average Bonchev–Trinajstić information content (AvgIpc) is 3.28. The minimum absolute atomic E-state index is 0.448. The van der Waals surface area contributed by atoms with Gasteiger partial charge >= 0.3 is 5.97 Å². The zero-order valence-electron chi connectivity index (χ0n) is 24.9. The van der Waals surface area contributed by atoms with Gasteiger partial charge in [0.25, 0.3) is 0 Å². The lowest BCUT2D eigenvalue weighted by Gasteiger charge is -2.35. The highest BCUT2D eigenvalue weighted by Crippen LogP contribution is 2.49. The highest BCUT2D eigenvalue weighted by molar-refractivity contribution is 6.30. The number of pyridine rings is 1. The van der Waals surface area contributed by atoms with Crippen molar-refractivity contribution in [2.45, 2.75) is 66.2 Å². The Morgan fingerprint density at radius 3 is 2.49 bits per heavy atom. The Morgan fingerprint density at radius 2 is 1.83 bits per heavy atom. The molecule has 2 aromatic heterocycles. The minimum atomic E-state index is -0.953. The van der Waals surface area contributed by atoms with E-state index in [0.717, 1.165) is 63.3 Å². The number of methoxy groups -OCH3 is 1. The van der Waals surface area contributed by atoms with Crippen LogP contribution >= 0.6 is 11.6 Å². The van der Waals surface area contributed by atoms with Gasteiger partial charge in [0.2, 0.25) is 5.88 Å². The summed E-state index contributed by atoms with van der Waals surface area (Å²) in [6, 6.07) is 15.8. The number of halogens is 1. The lowest BCUT2D eigenvalue weighted by molar-refractivity contribution is -0.164. The number of esters is 1. The summed E-state index contributed by atoms with van der Waals surface area (Å²) < 4.78 is 20.1. The van der Waals surface area contributed by atoms with Gasteiger partial charge in [-0.3, -0.25) is 0 Å². The summed E-state index contributed by atoms with van der Waals surface area (Å²) in [5.41, 5.74) is 6.23. The largest absolute Gasteiger partial charge is 0.478 e. The Bertz CT molecular complexity index is 1590. The first-order valence-electron chi connectivity index (χ1n) is 14.1. The van der Waals surface area contributed by atoms with Gasteiger partial charge in [0.15, 0.2) is 6.10 Å². The fraction of sp³-hybridized carbons (Fsp3) is 0.394. The Hall–Kier alpha value is -3.55. The molecule has 4 aromatic rings. The molecule has 0 saturated heterocycles. The molecule has 1 atom stereocenters. The normalized spacial score (nSPS) is 13.9. The average molecular weight is 576 g/mol. The molecular weight excluding hydrogens is 538 g/mol. The van der Waals surface area contributed by atoms with Crippen molar-refractivity contribution < 1.29 is 19.0 Å². The lowest BCUT2D eigenvalue weighted by atomic mass is 9.87. The standard InChI is InChI=1S/C33H38ClN3O4/c1-8-18-40-26-11-9-10-25(35-26)37-17-16-36-20(2)19-24-28(22-12-14-23(34)15-13-22)27(21(3)29(37)30(24)36)31(32(38)39-7)41-33(4,5)6/h9-15,19,31H,8,16-18H2,1-7H3/t31-/m0/s1. The first-order valence-corrected chi connectivity index (χ1v) is 14.5. The number of aromatic nitrogens is 2. The molecule has 8 heteroatoms. The zero-order valence-corrected chi connectivity index (χ0v) is 25.6. The van der Waals surface area contributed by atoms with Crippen LogP contribution in [0.1, 0.15) is 57.0 Å². The van der Waals surface area contributed by atoms with E-state index in [2.05, 4.69) is 36.3 Å². The van der Waals surface area contributed by atoms with Crippen molar-refractivity contribution in [2.75, 3.05) is 25.2 Å². The predicted molar refractivity (Wildman–Crippen MR) is 164 cm³/mol. The molecule has 0 amide bonds. The van der Waals surface area contributed by atoms with E-state index in [9.17, 15) is 4.79 Å². The van der Waals surface area contributed by atoms with Crippen molar-refractivity contribution in [3.05, 3.63) is 70.4 Å². The van der Waals surface area contributed by atoms with Gasteiger partial charge in [-0.05, 0) is 82.0 Å². The number of rotatable bonds is 8. The SMILES string of the molecule is CCCOc1cccc(N2CCn3c(C)cc4c(-c5ccc(Cl)cc5)c([C@H](OC(C)(C)C)C(=O)OC)c(C)c2c43)n1. The van der Waals surface area contributed by atoms with Crippen LogP contribution in [0, 0.1) is 13.8 Å². The highest BCUT2D eigenvalue weighted by Gasteiger charge is 2.37. The van der Waals surface area contributed by atoms with E-state index in [-0.39, 0.29) is 0 Å². The molecule has 0 radical (unpaired) electrons. The number of carbonyl (C=O) groups excluding carboxylic acids is 1. The van der Waals surface area contributed by atoms with Crippen molar-refractivity contribution >= 4 is 40.0 Å². The molecule has 0 spiro atoms. The molecule has 2 aromatic carbocycles. The molecule has 1 aliphatic rings. The molecule has 0 saturated carbocycles. The number of benzene rings is 2. The molecule has 7 nitrogen and oxygen atoms in total. The molecule has 216 valence electrons. The van der Waals surface area contributed by atoms with Crippen LogP contribution in [0.15, 0.2) is 48.5 Å². The van der Waals surface area contributed by atoms with Crippen molar-refractivity contribution in [3.63, 3.8) is 0 Å². The smallest absolute Gasteiger partial charge is 0.339 e. The first-order chi connectivity index (χ1) is 19.5. The van der Waals surface area contributed by atoms with Gasteiger partial charge in [-0.25, -0.2) is 4.79 Å². The second-order valence-corrected chi connectivity index (χ2v) is 11.9. The summed E-state index contributed by atoms with van der Waals surface area (Å²) in [5, 5.41) is 1.68. The van der Waals surface area contributed by atoms with Crippen molar-refractivity contribution in [1.82, 2.24) is 9.55 Å². The number of carbonyl (C=O) groups is 1. The minimum Gasteiger partial charge on any atom is -0.478 e. The van der Waals surface area contributed by atoms with Crippen LogP contribution < -0.4 is 9.64 Å². The maximum atomic E-state index is 13.5. The maximum Gasteiger partial charge on any atom is 0.339 e. The van der Waals surface area contributed by atoms with Gasteiger partial charge in [0, 0.05) is 40.8 Å². The van der Waals surface area contributed by atoms with Crippen LogP contribution in [0.4, 0.5) is 11.5 Å². The van der Waals surface area contributed by atoms with Gasteiger partial charge in [0.1, 0.15) is 5.82 Å². The highest BCUT2D eigenvalue weighted by atomic mass is 35.5. The Labute approximate surface area is 247 Å². The lowest BCUT2D eigenvalue weighted by Crippen LogP contribution is -2.32. The van der Waals surface area contributed by atoms with Crippen LogP contribution in [0.5, 0.6) is 5.88 Å². The van der Waals surface area contributed by atoms with Crippen LogP contribution in [-0.4, -0.2) is 41.4 Å². The van der Waals surface area contributed by atoms with E-state index in [1.165, 1.54) is 7.11 Å². The van der Waals surface area contributed by atoms with Gasteiger partial charge in [0.05, 0.1) is 30.5 Å². The van der Waals surface area contributed by atoms with E-state index in [1.807, 2.05) is 63.2 Å². The molecule has 0 aliphatic carbocycles. The summed E-state index contributed by atoms with van der Waals surface area (Å²) >= 11 is 6.30. The third-order valence-corrected chi connectivity index (χ3v) is 7.62. The van der Waals surface area contributed by atoms with E-state index in [4.69, 9.17) is 30.8 Å². The predicted octanol–water partition coefficient (Wildman–Crippen LogP) is 7.94. The zero-order chi connectivity index (χ0) is 29.5. The monoisotopic (exact) mass is 575 g/mol. The topological polar surface area (TPSA) is 65.8 Å². The van der Waals surface area contributed by atoms with Gasteiger partial charge in [-0.1, -0.05) is 36.7 Å². The Morgan fingerprint density at radius 1 is 1.10 bits per heavy atom. The van der Waals surface area contributed by atoms with Crippen molar-refractivity contribution in [2.24, 2.45) is 0 Å². The second-order valence-electron chi connectivity index (χ2n) is 11.4. The van der Waals surface area contributed by atoms with E-state index < -0.39 is 17.7 Å². The summed E-state index contributed by atoms with van der Waals surface area (Å²) in [6.45, 7) is 14.2. The van der Waals surface area contributed by atoms with Gasteiger partial charge in [-0.15, -0.1) is 0 Å².